The summed E-state index contributed by atoms with van der Waals surface area (Å²) in [6.45, 7) is 15.9. The molecule has 9 rings (SSSR count). The van der Waals surface area contributed by atoms with Crippen molar-refractivity contribution in [2.45, 2.75) is 194 Å². The Morgan fingerprint density at radius 1 is 0.710 bits per heavy atom. The molecule has 0 amide bonds. The third-order valence-electron chi connectivity index (χ3n) is 18.3. The van der Waals surface area contributed by atoms with Gasteiger partial charge in [-0.1, -0.05) is 34.6 Å². The molecule has 19 atom stereocenters. The van der Waals surface area contributed by atoms with Gasteiger partial charge in [-0.3, -0.25) is 24.0 Å². The molecule has 9 fully saturated rings. The van der Waals surface area contributed by atoms with Crippen LogP contribution in [-0.4, -0.2) is 79.2 Å². The van der Waals surface area contributed by atoms with Gasteiger partial charge in [0.2, 0.25) is 12.1 Å². The third kappa shape index (κ3) is 7.90. The summed E-state index contributed by atoms with van der Waals surface area (Å²) < 4.78 is 42.4. The molecule has 4 saturated heterocycles. The summed E-state index contributed by atoms with van der Waals surface area (Å²) >= 11 is 0. The van der Waals surface area contributed by atoms with Gasteiger partial charge in [0.05, 0.1) is 20.0 Å². The second kappa shape index (κ2) is 17.2. The predicted octanol–water partition coefficient (Wildman–Crippen LogP) is 7.76. The van der Waals surface area contributed by atoms with Crippen molar-refractivity contribution in [1.29, 1.82) is 0 Å². The Labute approximate surface area is 367 Å². The summed E-state index contributed by atoms with van der Waals surface area (Å²) in [5, 5.41) is 0. The smallest absolute Gasteiger partial charge is 0.308 e. The Morgan fingerprint density at radius 2 is 1.42 bits per heavy atom. The molecule has 2 bridgehead atoms. The molecule has 62 heavy (non-hydrogen) atoms. The normalized spacial score (nSPS) is 46.9. The van der Waals surface area contributed by atoms with E-state index in [1.807, 2.05) is 13.8 Å². The lowest BCUT2D eigenvalue weighted by Crippen LogP contribution is -2.70. The fourth-order valence-corrected chi connectivity index (χ4v) is 15.2. The number of fused-ring (bicyclic) bond motifs is 7. The van der Waals surface area contributed by atoms with Crippen molar-refractivity contribution in [1.82, 2.24) is 0 Å². The lowest BCUT2D eigenvalue weighted by molar-refractivity contribution is -0.576. The molecule has 5 saturated carbocycles. The third-order valence-corrected chi connectivity index (χ3v) is 18.3. The number of carbonyl (C=O) groups is 5. The number of hydrogen-bond donors (Lipinski definition) is 0. The largest absolute Gasteiger partial charge is 0.469 e. The predicted molar refractivity (Wildman–Crippen MR) is 220 cm³/mol. The van der Waals surface area contributed by atoms with Gasteiger partial charge in [0.25, 0.3) is 0 Å². The molecule has 0 N–H and O–H groups in total. The quantitative estimate of drug-likeness (QED) is 0.112. The van der Waals surface area contributed by atoms with Crippen LogP contribution in [0.2, 0.25) is 0 Å². The molecule has 0 aromatic heterocycles. The van der Waals surface area contributed by atoms with Gasteiger partial charge < -0.3 is 33.2 Å². The summed E-state index contributed by atoms with van der Waals surface area (Å²) in [5.41, 5.74) is -1.28. The van der Waals surface area contributed by atoms with E-state index in [0.717, 1.165) is 38.5 Å². The van der Waals surface area contributed by atoms with Crippen LogP contribution in [0.5, 0.6) is 0 Å². The second-order valence-electron chi connectivity index (χ2n) is 21.5. The van der Waals surface area contributed by atoms with Crippen LogP contribution in [0, 0.1) is 70.0 Å². The number of rotatable bonds is 11. The van der Waals surface area contributed by atoms with Gasteiger partial charge in [-0.15, -0.1) is 0 Å². The molecule has 348 valence electrons. The molecule has 14 nitrogen and oxygen atoms in total. The average molecular weight is 873 g/mol. The van der Waals surface area contributed by atoms with E-state index < -0.39 is 35.9 Å². The maximum absolute atomic E-state index is 13.4. The molecule has 4 heterocycles. The van der Waals surface area contributed by atoms with E-state index in [2.05, 4.69) is 27.7 Å². The first-order valence-electron chi connectivity index (χ1n) is 23.8. The standard InChI is InChI=1S/C48H72O14/c1-25(11-15-39(51)54-9)32-13-14-35-42-36(24-38(47(32,35)8)56-29(5)50)45(6)20-18-31(22-30(45)23-37(42)55-28(4)49)57-40(52)16-17-41(53)58-43-27(3)34-12-10-26(2)33-19-21-46(7)60-44(59-43)48(33,34)62-61-46/h25-27,30-38,42-44H,10-24H2,1-9H3/t25-,26-,27-,30+,31-,32-,33+,34+,35+,36+,37-,38+,42+,43-,44-,45+,46-,47-,48-/m1/s1. The first-order chi connectivity index (χ1) is 29.3. The molecule has 1 spiro atoms. The van der Waals surface area contributed by atoms with Gasteiger partial charge >= 0.3 is 29.8 Å². The van der Waals surface area contributed by atoms with Crippen LogP contribution in [0.25, 0.3) is 0 Å². The molecule has 9 aliphatic rings. The minimum Gasteiger partial charge on any atom is -0.469 e. The van der Waals surface area contributed by atoms with Crippen LogP contribution in [-0.2, 0) is 66.9 Å². The average Bonchev–Trinajstić information content (AvgIpc) is 3.42. The molecular weight excluding hydrogens is 801 g/mol. The van der Waals surface area contributed by atoms with E-state index >= 15 is 0 Å². The van der Waals surface area contributed by atoms with E-state index in [4.69, 9.17) is 42.9 Å². The van der Waals surface area contributed by atoms with Gasteiger partial charge in [0.15, 0.2) is 11.9 Å². The molecular formula is C48H72O14. The zero-order valence-electron chi connectivity index (χ0n) is 38.5. The Morgan fingerprint density at radius 3 is 2.13 bits per heavy atom. The van der Waals surface area contributed by atoms with Gasteiger partial charge in [0.1, 0.15) is 18.3 Å². The number of ether oxygens (including phenoxy) is 7. The van der Waals surface area contributed by atoms with Crippen molar-refractivity contribution in [2.75, 3.05) is 7.11 Å². The van der Waals surface area contributed by atoms with Crippen LogP contribution < -0.4 is 0 Å². The number of esters is 5. The van der Waals surface area contributed by atoms with Crippen molar-refractivity contribution < 1.29 is 66.9 Å². The lowest BCUT2D eigenvalue weighted by atomic mass is 9.43. The van der Waals surface area contributed by atoms with Crippen LogP contribution in [0.15, 0.2) is 0 Å². The molecule has 5 aliphatic carbocycles. The minimum absolute atomic E-state index is 0.00844. The first-order valence-corrected chi connectivity index (χ1v) is 23.8. The second-order valence-corrected chi connectivity index (χ2v) is 21.5. The fraction of sp³-hybridized carbons (Fsp3) is 0.896. The molecule has 14 heteroatoms. The van der Waals surface area contributed by atoms with Crippen LogP contribution in [0.4, 0.5) is 0 Å². The summed E-state index contributed by atoms with van der Waals surface area (Å²) in [5.74, 6) is -1.47. The number of methoxy groups -OCH3 is 1. The van der Waals surface area contributed by atoms with E-state index in [1.54, 1.807) is 0 Å². The van der Waals surface area contributed by atoms with Crippen LogP contribution >= 0.6 is 0 Å². The van der Waals surface area contributed by atoms with Crippen molar-refractivity contribution in [2.24, 2.45) is 70.0 Å². The van der Waals surface area contributed by atoms with Crippen molar-refractivity contribution in [3.05, 3.63) is 0 Å². The highest BCUT2D eigenvalue weighted by atomic mass is 17.3. The maximum Gasteiger partial charge on any atom is 0.308 e. The molecule has 0 aromatic rings. The molecule has 4 aliphatic heterocycles. The lowest BCUT2D eigenvalue weighted by Gasteiger charge is -2.64. The van der Waals surface area contributed by atoms with E-state index in [0.29, 0.717) is 50.9 Å². The van der Waals surface area contributed by atoms with Gasteiger partial charge in [-0.2, -0.15) is 0 Å². The number of carbonyl (C=O) groups excluding carboxylic acids is 5. The highest BCUT2D eigenvalue weighted by molar-refractivity contribution is 5.77. The summed E-state index contributed by atoms with van der Waals surface area (Å²) in [6, 6.07) is 0. The Bertz CT molecular complexity index is 1740. The first kappa shape index (κ1) is 45.7. The number of hydrogen-bond acceptors (Lipinski definition) is 14. The maximum atomic E-state index is 13.4. The summed E-state index contributed by atoms with van der Waals surface area (Å²) in [6.07, 6.45) is 6.94. The Hall–Kier alpha value is -2.81. The van der Waals surface area contributed by atoms with Crippen molar-refractivity contribution >= 4 is 29.8 Å². The van der Waals surface area contributed by atoms with Crippen LogP contribution in [0.3, 0.4) is 0 Å². The highest BCUT2D eigenvalue weighted by Crippen LogP contribution is 2.69. The van der Waals surface area contributed by atoms with E-state index in [1.165, 1.54) is 21.0 Å². The molecule has 0 unspecified atom stereocenters. The van der Waals surface area contributed by atoms with Gasteiger partial charge in [-0.05, 0) is 124 Å². The van der Waals surface area contributed by atoms with Crippen molar-refractivity contribution in [3.8, 4) is 0 Å². The van der Waals surface area contributed by atoms with Gasteiger partial charge in [0, 0.05) is 49.9 Å². The van der Waals surface area contributed by atoms with Crippen molar-refractivity contribution in [3.63, 3.8) is 0 Å². The van der Waals surface area contributed by atoms with E-state index in [-0.39, 0.29) is 113 Å². The SMILES string of the molecule is COC(=O)CC[C@@H](C)[C@H]1CC[C@H]2[C@@H]3[C@H](OC(C)=O)C[C@@H]4C[C@H](OC(=O)CCC(=O)O[C@@H]5O[C@@H]6O[C@@]7(C)CC[C@H]8[C@H](C)CC[C@@H]([C@H]5C)[C@@]68OO7)CC[C@]4(C)[C@H]3C[C@H](OC(C)=O)[C@]12C. The zero-order chi connectivity index (χ0) is 44.5. The van der Waals surface area contributed by atoms with E-state index in [9.17, 15) is 24.0 Å². The monoisotopic (exact) mass is 872 g/mol. The highest BCUT2D eigenvalue weighted by Gasteiger charge is 2.71. The zero-order valence-corrected chi connectivity index (χ0v) is 38.5. The van der Waals surface area contributed by atoms with Gasteiger partial charge in [-0.25, -0.2) is 9.78 Å². The Kier molecular flexibility index (Phi) is 12.7. The minimum atomic E-state index is -0.940. The molecule has 0 aromatic carbocycles. The topological polar surface area (TPSA) is 168 Å². The van der Waals surface area contributed by atoms with Crippen LogP contribution in [0.1, 0.15) is 152 Å². The summed E-state index contributed by atoms with van der Waals surface area (Å²) in [7, 11) is 1.41. The summed E-state index contributed by atoms with van der Waals surface area (Å²) in [4.78, 5) is 76.5. The molecule has 0 radical (unpaired) electrons. The fourth-order valence-electron chi connectivity index (χ4n) is 15.2. The Balaban J connectivity index is 0.906.